The third kappa shape index (κ3) is 6.30. The van der Waals surface area contributed by atoms with Gasteiger partial charge in [0.05, 0.1) is 4.88 Å². The number of aromatic nitrogens is 2. The Hall–Kier alpha value is -3.04. The first-order valence-corrected chi connectivity index (χ1v) is 12.5. The number of rotatable bonds is 7. The van der Waals surface area contributed by atoms with Crippen molar-refractivity contribution in [3.8, 4) is 10.7 Å². The SMILES string of the molecule is CC(C)(C)NC(=O)c1ccc(C(=O)N2CCN(CCCc3nc(-c4cccs4)no3)CC2)cc1. The summed E-state index contributed by atoms with van der Waals surface area (Å²) in [6.07, 6.45) is 1.67. The molecule has 0 radical (unpaired) electrons. The largest absolute Gasteiger partial charge is 0.347 e. The van der Waals surface area contributed by atoms with Crippen molar-refractivity contribution in [2.24, 2.45) is 0 Å². The van der Waals surface area contributed by atoms with Crippen LogP contribution in [-0.4, -0.2) is 70.0 Å². The fraction of sp³-hybridized carbons (Fsp3) is 0.440. The first-order valence-electron chi connectivity index (χ1n) is 11.6. The molecule has 1 N–H and O–H groups in total. The molecule has 1 aliphatic heterocycles. The third-order valence-corrected chi connectivity index (χ3v) is 6.48. The molecular weight excluding hydrogens is 450 g/mol. The number of carbonyl (C=O) groups excluding carboxylic acids is 2. The topological polar surface area (TPSA) is 91.6 Å². The summed E-state index contributed by atoms with van der Waals surface area (Å²) in [6, 6.07) is 10.9. The molecule has 180 valence electrons. The minimum atomic E-state index is -0.302. The van der Waals surface area contributed by atoms with Crippen molar-refractivity contribution in [1.29, 1.82) is 0 Å². The maximum Gasteiger partial charge on any atom is 0.253 e. The van der Waals surface area contributed by atoms with Crippen molar-refractivity contribution in [2.45, 2.75) is 39.2 Å². The number of nitrogens with zero attached hydrogens (tertiary/aromatic N) is 4. The van der Waals surface area contributed by atoms with Crippen molar-refractivity contribution in [2.75, 3.05) is 32.7 Å². The zero-order valence-electron chi connectivity index (χ0n) is 19.9. The molecule has 34 heavy (non-hydrogen) atoms. The second kappa shape index (κ2) is 10.5. The normalized spacial score (nSPS) is 14.9. The van der Waals surface area contributed by atoms with Gasteiger partial charge in [-0.15, -0.1) is 11.3 Å². The molecule has 0 unspecified atom stereocenters. The van der Waals surface area contributed by atoms with E-state index in [4.69, 9.17) is 4.52 Å². The van der Waals surface area contributed by atoms with Gasteiger partial charge in [-0.2, -0.15) is 4.98 Å². The van der Waals surface area contributed by atoms with Gasteiger partial charge in [0.2, 0.25) is 11.7 Å². The predicted octanol–water partition coefficient (Wildman–Crippen LogP) is 3.72. The van der Waals surface area contributed by atoms with Crippen molar-refractivity contribution in [1.82, 2.24) is 25.3 Å². The van der Waals surface area contributed by atoms with Gasteiger partial charge in [0.1, 0.15) is 0 Å². The number of amides is 2. The van der Waals surface area contributed by atoms with E-state index >= 15 is 0 Å². The standard InChI is InChI=1S/C25H31N5O3S/c1-25(2,3)27-23(31)18-8-10-19(11-9-18)24(32)30-15-13-29(14-16-30)12-4-7-21-26-22(28-33-21)20-6-5-17-34-20/h5-6,8-11,17H,4,7,12-16H2,1-3H3,(H,27,31). The van der Waals surface area contributed by atoms with E-state index in [2.05, 4.69) is 20.4 Å². The third-order valence-electron chi connectivity index (χ3n) is 5.62. The Kier molecular flexibility index (Phi) is 7.43. The maximum atomic E-state index is 12.9. The molecular formula is C25H31N5O3S. The quantitative estimate of drug-likeness (QED) is 0.553. The monoisotopic (exact) mass is 481 g/mol. The minimum absolute atomic E-state index is 0.00870. The highest BCUT2D eigenvalue weighted by molar-refractivity contribution is 7.13. The summed E-state index contributed by atoms with van der Waals surface area (Å²) in [5.41, 5.74) is 0.864. The number of aryl methyl sites for hydroxylation is 1. The van der Waals surface area contributed by atoms with Crippen LogP contribution in [0.5, 0.6) is 0 Å². The van der Waals surface area contributed by atoms with Gasteiger partial charge in [-0.05, 0) is 69.4 Å². The van der Waals surface area contributed by atoms with E-state index in [-0.39, 0.29) is 17.4 Å². The van der Waals surface area contributed by atoms with Crippen LogP contribution in [-0.2, 0) is 6.42 Å². The smallest absolute Gasteiger partial charge is 0.253 e. The van der Waals surface area contributed by atoms with Crippen molar-refractivity contribution in [3.63, 3.8) is 0 Å². The first-order chi connectivity index (χ1) is 16.3. The van der Waals surface area contributed by atoms with Crippen molar-refractivity contribution in [3.05, 3.63) is 58.8 Å². The minimum Gasteiger partial charge on any atom is -0.347 e. The van der Waals surface area contributed by atoms with Gasteiger partial charge < -0.3 is 14.7 Å². The number of hydrogen-bond donors (Lipinski definition) is 1. The number of hydrogen-bond acceptors (Lipinski definition) is 7. The number of thiophene rings is 1. The van der Waals surface area contributed by atoms with Gasteiger partial charge >= 0.3 is 0 Å². The van der Waals surface area contributed by atoms with E-state index in [0.717, 1.165) is 37.4 Å². The number of piperazine rings is 1. The van der Waals surface area contributed by atoms with Gasteiger partial charge in [0.25, 0.3) is 11.8 Å². The molecule has 2 aromatic heterocycles. The molecule has 3 aromatic rings. The van der Waals surface area contributed by atoms with Gasteiger partial charge in [-0.1, -0.05) is 11.2 Å². The highest BCUT2D eigenvalue weighted by atomic mass is 32.1. The Morgan fingerprint density at radius 1 is 1.06 bits per heavy atom. The van der Waals surface area contributed by atoms with E-state index in [0.29, 0.717) is 35.9 Å². The summed E-state index contributed by atoms with van der Waals surface area (Å²) in [4.78, 5) is 34.9. The Balaban J connectivity index is 1.20. The molecule has 1 aromatic carbocycles. The van der Waals surface area contributed by atoms with E-state index in [1.54, 1.807) is 35.6 Å². The number of carbonyl (C=O) groups is 2. The number of nitrogens with one attached hydrogen (secondary N) is 1. The molecule has 0 saturated carbocycles. The summed E-state index contributed by atoms with van der Waals surface area (Å²) >= 11 is 1.60. The van der Waals surface area contributed by atoms with Crippen LogP contribution in [0.2, 0.25) is 0 Å². The second-order valence-corrected chi connectivity index (χ2v) is 10.5. The summed E-state index contributed by atoms with van der Waals surface area (Å²) in [7, 11) is 0. The summed E-state index contributed by atoms with van der Waals surface area (Å²) in [6.45, 7) is 9.80. The van der Waals surface area contributed by atoms with Crippen LogP contribution < -0.4 is 5.32 Å². The van der Waals surface area contributed by atoms with Crippen LogP contribution in [0.4, 0.5) is 0 Å². The molecule has 0 aliphatic carbocycles. The summed E-state index contributed by atoms with van der Waals surface area (Å²) in [5, 5.41) is 8.99. The lowest BCUT2D eigenvalue weighted by atomic mass is 10.1. The second-order valence-electron chi connectivity index (χ2n) is 9.51. The number of benzene rings is 1. The van der Waals surface area contributed by atoms with E-state index in [1.165, 1.54) is 0 Å². The van der Waals surface area contributed by atoms with Crippen LogP contribution in [0.1, 0.15) is 53.8 Å². The molecule has 2 amide bonds. The molecule has 1 fully saturated rings. The Bertz CT molecular complexity index is 1090. The van der Waals surface area contributed by atoms with Gasteiger partial charge in [0.15, 0.2) is 0 Å². The molecule has 3 heterocycles. The fourth-order valence-electron chi connectivity index (χ4n) is 3.85. The van der Waals surface area contributed by atoms with Gasteiger partial charge in [-0.3, -0.25) is 14.5 Å². The fourth-order valence-corrected chi connectivity index (χ4v) is 4.50. The van der Waals surface area contributed by atoms with Crippen LogP contribution in [0, 0.1) is 0 Å². The first kappa shape index (κ1) is 24.1. The van der Waals surface area contributed by atoms with Crippen LogP contribution in [0.15, 0.2) is 46.3 Å². The molecule has 1 saturated heterocycles. The summed E-state index contributed by atoms with van der Waals surface area (Å²) in [5.74, 6) is 1.19. The molecule has 0 bridgehead atoms. The maximum absolute atomic E-state index is 12.9. The van der Waals surface area contributed by atoms with E-state index < -0.39 is 0 Å². The lowest BCUT2D eigenvalue weighted by Gasteiger charge is -2.34. The molecule has 1 aliphatic rings. The predicted molar refractivity (Wildman–Crippen MR) is 132 cm³/mol. The van der Waals surface area contributed by atoms with Crippen LogP contribution >= 0.6 is 11.3 Å². The van der Waals surface area contributed by atoms with Crippen molar-refractivity contribution >= 4 is 23.2 Å². The summed E-state index contributed by atoms with van der Waals surface area (Å²) < 4.78 is 5.37. The molecule has 8 nitrogen and oxygen atoms in total. The highest BCUT2D eigenvalue weighted by Gasteiger charge is 2.23. The zero-order chi connectivity index (χ0) is 24.1. The molecule has 0 atom stereocenters. The van der Waals surface area contributed by atoms with Crippen LogP contribution in [0.3, 0.4) is 0 Å². The molecule has 0 spiro atoms. The Morgan fingerprint density at radius 3 is 2.41 bits per heavy atom. The molecule has 4 rings (SSSR count). The van der Waals surface area contributed by atoms with Crippen molar-refractivity contribution < 1.29 is 14.1 Å². The highest BCUT2D eigenvalue weighted by Crippen LogP contribution is 2.21. The van der Waals surface area contributed by atoms with E-state index in [9.17, 15) is 9.59 Å². The average Bonchev–Trinajstić information content (AvgIpc) is 3.50. The van der Waals surface area contributed by atoms with E-state index in [1.807, 2.05) is 43.2 Å². The molecule has 9 heteroatoms. The lowest BCUT2D eigenvalue weighted by molar-refractivity contribution is 0.0635. The van der Waals surface area contributed by atoms with Gasteiger partial charge in [-0.25, -0.2) is 0 Å². The zero-order valence-corrected chi connectivity index (χ0v) is 20.7. The van der Waals surface area contributed by atoms with Crippen LogP contribution in [0.25, 0.3) is 10.7 Å². The average molecular weight is 482 g/mol. The van der Waals surface area contributed by atoms with Gasteiger partial charge in [0, 0.05) is 49.3 Å². The lowest BCUT2D eigenvalue weighted by Crippen LogP contribution is -2.48. The Morgan fingerprint density at radius 2 is 1.76 bits per heavy atom. The Labute approximate surface area is 204 Å².